The number of nitrogens with one attached hydrogen (secondary N) is 1. The zero-order valence-electron chi connectivity index (χ0n) is 16.4. The first kappa shape index (κ1) is 22.3. The number of amides is 2. The molecule has 1 saturated heterocycles. The van der Waals surface area contributed by atoms with E-state index in [9.17, 15) is 23.1 Å². The molecule has 1 aromatic heterocycles. The number of sulfone groups is 1. The maximum absolute atomic E-state index is 12.5. The Morgan fingerprint density at radius 1 is 1.46 bits per heavy atom. The standard InChI is InChI=1S/C17H28N4O6S/c1-12-4-5-21(19-12)13(2)17(24)18-9-14-8-15(22)10-20(14)16(23)11-28(25,26)7-6-27-3/h4-5,13-15,22H,6-11H2,1-3H3,(H,18,24)/t13?,14-,15-/m1/s1. The first-order valence-corrected chi connectivity index (χ1v) is 10.9. The first-order chi connectivity index (χ1) is 13.1. The fourth-order valence-corrected chi connectivity index (χ4v) is 4.19. The summed E-state index contributed by atoms with van der Waals surface area (Å²) in [6.45, 7) is 3.72. The van der Waals surface area contributed by atoms with E-state index in [0.717, 1.165) is 5.69 Å². The number of methoxy groups -OCH3 is 1. The van der Waals surface area contributed by atoms with Crippen LogP contribution in [0.3, 0.4) is 0 Å². The molecule has 0 bridgehead atoms. The lowest BCUT2D eigenvalue weighted by molar-refractivity contribution is -0.130. The summed E-state index contributed by atoms with van der Waals surface area (Å²) in [5.74, 6) is -1.74. The third kappa shape index (κ3) is 6.01. The third-order valence-electron chi connectivity index (χ3n) is 4.68. The van der Waals surface area contributed by atoms with Gasteiger partial charge in [0.1, 0.15) is 11.8 Å². The van der Waals surface area contributed by atoms with Gasteiger partial charge in [-0.25, -0.2) is 8.42 Å². The van der Waals surface area contributed by atoms with Gasteiger partial charge in [0.15, 0.2) is 9.84 Å². The molecule has 2 amide bonds. The summed E-state index contributed by atoms with van der Waals surface area (Å²) in [6.07, 6.45) is 1.23. The van der Waals surface area contributed by atoms with E-state index in [4.69, 9.17) is 4.74 Å². The number of aryl methyl sites for hydroxylation is 1. The fourth-order valence-electron chi connectivity index (χ4n) is 3.08. The van der Waals surface area contributed by atoms with Crippen LogP contribution >= 0.6 is 0 Å². The molecule has 1 aliphatic rings. The molecule has 2 N–H and O–H groups in total. The van der Waals surface area contributed by atoms with E-state index >= 15 is 0 Å². The van der Waals surface area contributed by atoms with Gasteiger partial charge < -0.3 is 20.1 Å². The minimum Gasteiger partial charge on any atom is -0.391 e. The van der Waals surface area contributed by atoms with Crippen LogP contribution < -0.4 is 5.32 Å². The molecule has 0 aromatic carbocycles. The van der Waals surface area contributed by atoms with Gasteiger partial charge in [0, 0.05) is 26.4 Å². The van der Waals surface area contributed by atoms with E-state index in [-0.39, 0.29) is 37.8 Å². The summed E-state index contributed by atoms with van der Waals surface area (Å²) in [5, 5.41) is 16.9. The highest BCUT2D eigenvalue weighted by molar-refractivity contribution is 7.92. The van der Waals surface area contributed by atoms with Crippen molar-refractivity contribution < 1.29 is 27.9 Å². The second kappa shape index (κ2) is 9.48. The van der Waals surface area contributed by atoms with E-state index in [0.29, 0.717) is 0 Å². The molecule has 1 aromatic rings. The van der Waals surface area contributed by atoms with E-state index < -0.39 is 39.7 Å². The zero-order chi connectivity index (χ0) is 20.9. The number of aliphatic hydroxyl groups excluding tert-OH is 1. The summed E-state index contributed by atoms with van der Waals surface area (Å²) >= 11 is 0. The van der Waals surface area contributed by atoms with Crippen LogP contribution in [0.5, 0.6) is 0 Å². The van der Waals surface area contributed by atoms with Crippen molar-refractivity contribution in [1.29, 1.82) is 0 Å². The Bertz CT molecular complexity index is 793. The van der Waals surface area contributed by atoms with Crippen LogP contribution in [0, 0.1) is 6.92 Å². The number of aliphatic hydroxyl groups is 1. The Morgan fingerprint density at radius 2 is 2.18 bits per heavy atom. The largest absolute Gasteiger partial charge is 0.391 e. The van der Waals surface area contributed by atoms with Crippen molar-refractivity contribution in [3.63, 3.8) is 0 Å². The minimum absolute atomic E-state index is 0.0164. The molecular weight excluding hydrogens is 388 g/mol. The van der Waals surface area contributed by atoms with E-state index in [1.807, 2.05) is 6.92 Å². The number of nitrogens with zero attached hydrogens (tertiary/aromatic N) is 3. The van der Waals surface area contributed by atoms with Crippen LogP contribution in [0.2, 0.25) is 0 Å². The Hall–Kier alpha value is -1.98. The van der Waals surface area contributed by atoms with Crippen molar-refractivity contribution in [1.82, 2.24) is 20.0 Å². The van der Waals surface area contributed by atoms with Gasteiger partial charge in [-0.2, -0.15) is 5.10 Å². The predicted molar refractivity (Wildman–Crippen MR) is 101 cm³/mol. The molecule has 2 heterocycles. The zero-order valence-corrected chi connectivity index (χ0v) is 17.2. The number of aromatic nitrogens is 2. The Balaban J connectivity index is 1.94. The van der Waals surface area contributed by atoms with Crippen molar-refractivity contribution in [3.8, 4) is 0 Å². The quantitative estimate of drug-likeness (QED) is 0.522. The summed E-state index contributed by atoms with van der Waals surface area (Å²) in [5.41, 5.74) is 0.796. The number of rotatable bonds is 9. The monoisotopic (exact) mass is 416 g/mol. The van der Waals surface area contributed by atoms with Gasteiger partial charge in [0.05, 0.1) is 30.2 Å². The normalized spacial score (nSPS) is 20.9. The van der Waals surface area contributed by atoms with Crippen LogP contribution in [0.15, 0.2) is 12.3 Å². The molecule has 2 rings (SSSR count). The number of ether oxygens (including phenoxy) is 1. The number of likely N-dealkylation sites (tertiary alicyclic amines) is 1. The Labute approximate surface area is 164 Å². The lowest BCUT2D eigenvalue weighted by Crippen LogP contribution is -2.46. The van der Waals surface area contributed by atoms with Gasteiger partial charge in [-0.05, 0) is 26.3 Å². The van der Waals surface area contributed by atoms with Crippen molar-refractivity contribution in [2.75, 3.05) is 38.3 Å². The highest BCUT2D eigenvalue weighted by Gasteiger charge is 2.36. The number of β-amino-alcohol motifs (C(OH)–C–C–N with tert-alkyl or cyclic N) is 1. The molecule has 3 atom stereocenters. The van der Waals surface area contributed by atoms with Crippen LogP contribution in [-0.2, 0) is 24.2 Å². The lowest BCUT2D eigenvalue weighted by Gasteiger charge is -2.25. The molecule has 158 valence electrons. The van der Waals surface area contributed by atoms with E-state index in [2.05, 4.69) is 10.4 Å². The molecule has 0 saturated carbocycles. The molecule has 10 nitrogen and oxygen atoms in total. The minimum atomic E-state index is -3.60. The maximum Gasteiger partial charge on any atom is 0.244 e. The SMILES string of the molecule is COCCS(=O)(=O)CC(=O)N1C[C@H](O)C[C@@H]1CNC(=O)C(C)n1ccc(C)n1. The van der Waals surface area contributed by atoms with Crippen molar-refractivity contribution in [2.45, 2.75) is 38.5 Å². The van der Waals surface area contributed by atoms with Gasteiger partial charge in [0.25, 0.3) is 0 Å². The molecule has 1 fully saturated rings. The smallest absolute Gasteiger partial charge is 0.244 e. The van der Waals surface area contributed by atoms with Crippen LogP contribution in [0.4, 0.5) is 0 Å². The Kier molecular flexibility index (Phi) is 7.55. The van der Waals surface area contributed by atoms with Crippen LogP contribution in [0.25, 0.3) is 0 Å². The molecule has 28 heavy (non-hydrogen) atoms. The summed E-state index contributed by atoms with van der Waals surface area (Å²) in [7, 11) is -2.21. The highest BCUT2D eigenvalue weighted by Crippen LogP contribution is 2.18. The predicted octanol–water partition coefficient (Wildman–Crippen LogP) is -1.11. The number of hydrogen-bond donors (Lipinski definition) is 2. The average Bonchev–Trinajstić information content (AvgIpc) is 3.22. The average molecular weight is 417 g/mol. The van der Waals surface area contributed by atoms with Crippen LogP contribution in [-0.4, -0.2) is 90.5 Å². The van der Waals surface area contributed by atoms with Crippen molar-refractivity contribution >= 4 is 21.7 Å². The number of hydrogen-bond acceptors (Lipinski definition) is 7. The molecule has 1 aliphatic heterocycles. The maximum atomic E-state index is 12.5. The van der Waals surface area contributed by atoms with Gasteiger partial charge in [-0.3, -0.25) is 14.3 Å². The molecule has 0 aliphatic carbocycles. The van der Waals surface area contributed by atoms with Gasteiger partial charge in [-0.1, -0.05) is 0 Å². The van der Waals surface area contributed by atoms with Crippen molar-refractivity contribution in [2.24, 2.45) is 0 Å². The number of carbonyl (C=O) groups is 2. The second-order valence-electron chi connectivity index (χ2n) is 7.03. The van der Waals surface area contributed by atoms with Crippen LogP contribution in [0.1, 0.15) is 25.1 Å². The molecular formula is C17H28N4O6S. The van der Waals surface area contributed by atoms with E-state index in [1.165, 1.54) is 12.0 Å². The van der Waals surface area contributed by atoms with Crippen molar-refractivity contribution in [3.05, 3.63) is 18.0 Å². The molecule has 0 radical (unpaired) electrons. The Morgan fingerprint density at radius 3 is 2.79 bits per heavy atom. The highest BCUT2D eigenvalue weighted by atomic mass is 32.2. The number of carbonyl (C=O) groups excluding carboxylic acids is 2. The third-order valence-corrected chi connectivity index (χ3v) is 6.16. The summed E-state index contributed by atoms with van der Waals surface area (Å²) in [6, 6.07) is 0.802. The molecule has 11 heteroatoms. The summed E-state index contributed by atoms with van der Waals surface area (Å²) < 4.78 is 30.3. The van der Waals surface area contributed by atoms with E-state index in [1.54, 1.807) is 23.9 Å². The lowest BCUT2D eigenvalue weighted by atomic mass is 10.2. The molecule has 0 spiro atoms. The fraction of sp³-hybridized carbons (Fsp3) is 0.706. The van der Waals surface area contributed by atoms with Gasteiger partial charge >= 0.3 is 0 Å². The summed E-state index contributed by atoms with van der Waals surface area (Å²) in [4.78, 5) is 26.1. The first-order valence-electron chi connectivity index (χ1n) is 9.09. The van der Waals surface area contributed by atoms with Gasteiger partial charge in [0.2, 0.25) is 11.8 Å². The second-order valence-corrected chi connectivity index (χ2v) is 9.22. The van der Waals surface area contributed by atoms with Gasteiger partial charge in [-0.15, -0.1) is 0 Å². The molecule has 1 unspecified atom stereocenters. The topological polar surface area (TPSA) is 131 Å².